The average molecular weight is 485 g/mol. The minimum absolute atomic E-state index is 0.0262. The fourth-order valence-corrected chi connectivity index (χ4v) is 4.89. The summed E-state index contributed by atoms with van der Waals surface area (Å²) in [4.78, 5) is 29.3. The number of alkyl halides is 3. The topological polar surface area (TPSA) is 94.9 Å². The van der Waals surface area contributed by atoms with Crippen molar-refractivity contribution in [1.29, 1.82) is 5.26 Å². The maximum atomic E-state index is 12.9. The van der Waals surface area contributed by atoms with Gasteiger partial charge >= 0.3 is 6.18 Å². The smallest absolute Gasteiger partial charge is 0.352 e. The number of anilines is 1. The van der Waals surface area contributed by atoms with Crippen LogP contribution in [0.2, 0.25) is 0 Å². The maximum Gasteiger partial charge on any atom is 0.416 e. The summed E-state index contributed by atoms with van der Waals surface area (Å²) in [6.07, 6.45) is 0.419. The predicted molar refractivity (Wildman–Crippen MR) is 121 cm³/mol. The van der Waals surface area contributed by atoms with Gasteiger partial charge in [0.2, 0.25) is 5.91 Å². The molecule has 1 atom stereocenters. The van der Waals surface area contributed by atoms with Crippen LogP contribution in [0, 0.1) is 11.3 Å². The summed E-state index contributed by atoms with van der Waals surface area (Å²) in [5.41, 5.74) is 1.46. The molecule has 10 heteroatoms. The Morgan fingerprint density at radius 2 is 2.09 bits per heavy atom. The second kappa shape index (κ2) is 9.73. The Balaban J connectivity index is 1.56. The van der Waals surface area contributed by atoms with Gasteiger partial charge in [0.25, 0.3) is 0 Å². The Kier molecular flexibility index (Phi) is 6.75. The fourth-order valence-electron chi connectivity index (χ4n) is 4.03. The number of ketones is 1. The number of carbonyl (C=O) groups excluding carboxylic acids is 2. The van der Waals surface area contributed by atoms with Crippen molar-refractivity contribution in [1.82, 2.24) is 10.3 Å². The number of rotatable bonds is 5. The molecule has 1 aromatic carbocycles. The number of halogens is 3. The molecule has 1 aliphatic heterocycles. The van der Waals surface area contributed by atoms with Gasteiger partial charge in [0.15, 0.2) is 5.78 Å². The number of benzene rings is 1. The quantitative estimate of drug-likeness (QED) is 0.627. The molecule has 0 spiro atoms. The first kappa shape index (κ1) is 23.6. The molecule has 1 amide bonds. The van der Waals surface area contributed by atoms with E-state index in [4.69, 9.17) is 0 Å². The molecular weight excluding hydrogens is 465 g/mol. The Bertz CT molecular complexity index is 1230. The van der Waals surface area contributed by atoms with Crippen molar-refractivity contribution >= 4 is 29.1 Å². The first-order chi connectivity index (χ1) is 16.3. The standard InChI is InChI=1S/C24H19F3N4O2S/c25-24(26,27)15-5-1-6-16(10-15)30-20(33)13-34-23-17(11-28)21(14-4-3-9-29-12-14)22-18(31-23)7-2-8-19(22)32/h1,3-6,9-10,12,21,31H,2,7-8,13H2,(H,30,33). The minimum atomic E-state index is -4.52. The van der Waals surface area contributed by atoms with E-state index in [1.807, 2.05) is 0 Å². The largest absolute Gasteiger partial charge is 0.416 e. The molecule has 4 rings (SSSR count). The Morgan fingerprint density at radius 1 is 1.26 bits per heavy atom. The molecule has 0 radical (unpaired) electrons. The number of thioether (sulfide) groups is 1. The lowest BCUT2D eigenvalue weighted by atomic mass is 9.77. The van der Waals surface area contributed by atoms with Crippen LogP contribution in [0.25, 0.3) is 0 Å². The van der Waals surface area contributed by atoms with Gasteiger partial charge in [0, 0.05) is 35.8 Å². The minimum Gasteiger partial charge on any atom is -0.352 e. The fraction of sp³-hybridized carbons (Fsp3) is 0.250. The first-order valence-corrected chi connectivity index (χ1v) is 11.4. The Morgan fingerprint density at radius 3 is 2.79 bits per heavy atom. The molecule has 174 valence electrons. The second-order valence-electron chi connectivity index (χ2n) is 7.78. The summed E-state index contributed by atoms with van der Waals surface area (Å²) in [6.45, 7) is 0. The number of pyridine rings is 1. The number of amides is 1. The number of hydrogen-bond acceptors (Lipinski definition) is 6. The molecule has 0 saturated heterocycles. The van der Waals surface area contributed by atoms with Gasteiger partial charge in [0.1, 0.15) is 0 Å². The molecule has 6 nitrogen and oxygen atoms in total. The van der Waals surface area contributed by atoms with Crippen molar-refractivity contribution in [2.45, 2.75) is 31.4 Å². The molecule has 2 N–H and O–H groups in total. The summed E-state index contributed by atoms with van der Waals surface area (Å²) in [5, 5.41) is 16.0. The molecule has 0 saturated carbocycles. The van der Waals surface area contributed by atoms with Crippen LogP contribution in [0.3, 0.4) is 0 Å². The molecule has 1 aromatic heterocycles. The van der Waals surface area contributed by atoms with Gasteiger partial charge in [-0.05, 0) is 42.7 Å². The van der Waals surface area contributed by atoms with E-state index in [1.54, 1.807) is 24.5 Å². The van der Waals surface area contributed by atoms with Crippen molar-refractivity contribution in [3.63, 3.8) is 0 Å². The number of aromatic nitrogens is 1. The second-order valence-corrected chi connectivity index (χ2v) is 8.77. The summed E-state index contributed by atoms with van der Waals surface area (Å²) in [6, 6.07) is 10.1. The van der Waals surface area contributed by atoms with Gasteiger partial charge in [-0.25, -0.2) is 0 Å². The van der Waals surface area contributed by atoms with E-state index in [2.05, 4.69) is 21.7 Å². The average Bonchev–Trinajstić information content (AvgIpc) is 2.82. The van der Waals surface area contributed by atoms with Crippen molar-refractivity contribution in [2.24, 2.45) is 0 Å². The third-order valence-corrected chi connectivity index (χ3v) is 6.52. The van der Waals surface area contributed by atoms with Gasteiger partial charge in [-0.3, -0.25) is 14.6 Å². The summed E-state index contributed by atoms with van der Waals surface area (Å²) in [5.74, 6) is -1.27. The van der Waals surface area contributed by atoms with E-state index in [0.29, 0.717) is 41.0 Å². The van der Waals surface area contributed by atoms with Crippen LogP contribution < -0.4 is 10.6 Å². The van der Waals surface area contributed by atoms with Crippen molar-refractivity contribution in [2.75, 3.05) is 11.1 Å². The third-order valence-electron chi connectivity index (χ3n) is 5.50. The zero-order chi connectivity index (χ0) is 24.3. The molecule has 2 heterocycles. The molecule has 0 fully saturated rings. The maximum absolute atomic E-state index is 12.9. The lowest BCUT2D eigenvalue weighted by Gasteiger charge is -2.33. The number of dihydropyridines is 1. The number of hydrogen-bond donors (Lipinski definition) is 2. The molecule has 1 aliphatic carbocycles. The van der Waals surface area contributed by atoms with Gasteiger partial charge < -0.3 is 10.6 Å². The lowest BCUT2D eigenvalue weighted by molar-refractivity contribution is -0.137. The van der Waals surface area contributed by atoms with Gasteiger partial charge in [-0.15, -0.1) is 0 Å². The van der Waals surface area contributed by atoms with Crippen LogP contribution in [-0.2, 0) is 15.8 Å². The van der Waals surface area contributed by atoms with Crippen LogP contribution in [0.15, 0.2) is 70.7 Å². The zero-order valence-electron chi connectivity index (χ0n) is 17.8. The van der Waals surface area contributed by atoms with E-state index < -0.39 is 23.6 Å². The number of Topliss-reactive ketones (excluding diaryl/α,β-unsaturated/α-hetero) is 1. The first-order valence-electron chi connectivity index (χ1n) is 10.5. The Hall–Kier alpha value is -3.58. The number of nitrogens with zero attached hydrogens (tertiary/aromatic N) is 2. The molecule has 0 bridgehead atoms. The molecule has 1 unspecified atom stereocenters. The highest BCUT2D eigenvalue weighted by Crippen LogP contribution is 2.43. The number of nitrogens with one attached hydrogen (secondary N) is 2. The summed E-state index contributed by atoms with van der Waals surface area (Å²) >= 11 is 1.07. The number of nitriles is 1. The molecule has 34 heavy (non-hydrogen) atoms. The van der Waals surface area contributed by atoms with Crippen LogP contribution in [-0.4, -0.2) is 22.4 Å². The normalized spacial score (nSPS) is 18.2. The van der Waals surface area contributed by atoms with Crippen LogP contribution >= 0.6 is 11.8 Å². The van der Waals surface area contributed by atoms with E-state index in [1.165, 1.54) is 12.1 Å². The zero-order valence-corrected chi connectivity index (χ0v) is 18.6. The Labute approximate surface area is 197 Å². The van der Waals surface area contributed by atoms with Crippen LogP contribution in [0.5, 0.6) is 0 Å². The van der Waals surface area contributed by atoms with Crippen molar-refractivity contribution in [3.8, 4) is 6.07 Å². The van der Waals surface area contributed by atoms with Crippen molar-refractivity contribution in [3.05, 3.63) is 81.8 Å². The number of allylic oxidation sites excluding steroid dienone is 3. The molecular formula is C24H19F3N4O2S. The lowest BCUT2D eigenvalue weighted by Crippen LogP contribution is -2.31. The monoisotopic (exact) mass is 484 g/mol. The van der Waals surface area contributed by atoms with E-state index in [-0.39, 0.29) is 17.2 Å². The molecule has 2 aromatic rings. The van der Waals surface area contributed by atoms with Crippen LogP contribution in [0.4, 0.5) is 18.9 Å². The third kappa shape index (κ3) is 4.99. The van der Waals surface area contributed by atoms with Gasteiger partial charge in [-0.2, -0.15) is 18.4 Å². The summed E-state index contributed by atoms with van der Waals surface area (Å²) < 4.78 is 38.8. The van der Waals surface area contributed by atoms with E-state index in [9.17, 15) is 28.0 Å². The summed E-state index contributed by atoms with van der Waals surface area (Å²) in [7, 11) is 0. The highest BCUT2D eigenvalue weighted by Gasteiger charge is 2.37. The SMILES string of the molecule is N#CC1=C(SCC(=O)Nc2cccc(C(F)(F)F)c2)NC2=C(C(=O)CCC2)C1c1cccnc1. The van der Waals surface area contributed by atoms with E-state index >= 15 is 0 Å². The molecule has 2 aliphatic rings. The predicted octanol–water partition coefficient (Wildman–Crippen LogP) is 4.90. The highest BCUT2D eigenvalue weighted by atomic mass is 32.2. The van der Waals surface area contributed by atoms with Crippen molar-refractivity contribution < 1.29 is 22.8 Å². The highest BCUT2D eigenvalue weighted by molar-refractivity contribution is 8.03. The van der Waals surface area contributed by atoms with Gasteiger partial charge in [-0.1, -0.05) is 23.9 Å². The van der Waals surface area contributed by atoms with Gasteiger partial charge in [0.05, 0.1) is 33.9 Å². The number of carbonyl (C=O) groups is 2. The van der Waals surface area contributed by atoms with E-state index in [0.717, 1.165) is 29.6 Å². The van der Waals surface area contributed by atoms with Crippen LogP contribution in [0.1, 0.15) is 36.3 Å².